The molecule has 6 heteroatoms. The van der Waals surface area contributed by atoms with Gasteiger partial charge in [-0.3, -0.25) is 4.79 Å². The van der Waals surface area contributed by atoms with Crippen LogP contribution in [0.2, 0.25) is 0 Å². The third kappa shape index (κ3) is 4.17. The van der Waals surface area contributed by atoms with E-state index in [0.717, 1.165) is 11.3 Å². The lowest BCUT2D eigenvalue weighted by molar-refractivity contribution is -0.160. The van der Waals surface area contributed by atoms with E-state index in [1.165, 1.54) is 0 Å². The van der Waals surface area contributed by atoms with Gasteiger partial charge in [0, 0.05) is 5.92 Å². The van der Waals surface area contributed by atoms with Crippen molar-refractivity contribution in [1.82, 2.24) is 0 Å². The Kier molecular flexibility index (Phi) is 5.99. The van der Waals surface area contributed by atoms with Crippen molar-refractivity contribution in [3.05, 3.63) is 65.7 Å². The van der Waals surface area contributed by atoms with E-state index in [0.29, 0.717) is 12.2 Å². The second-order valence-electron chi connectivity index (χ2n) is 7.09. The van der Waals surface area contributed by atoms with E-state index in [1.807, 2.05) is 37.3 Å². The van der Waals surface area contributed by atoms with Gasteiger partial charge >= 0.3 is 11.9 Å². The van der Waals surface area contributed by atoms with Crippen LogP contribution in [-0.4, -0.2) is 31.9 Å². The summed E-state index contributed by atoms with van der Waals surface area (Å²) in [6.07, 6.45) is -0.935. The standard InChI is InChI=1S/C22H24O6/c1-15-20(27-19(23)17-7-5-4-6-8-17)28-21(24)22(15,2)14-26-13-16-9-11-18(25-3)12-10-16/h4-12,15,20H,13-14H2,1-3H3/t15-,20-,22-/m1/s1. The maximum atomic E-state index is 12.5. The number of hydrogen-bond donors (Lipinski definition) is 0. The fraction of sp³-hybridized carbons (Fsp3) is 0.364. The third-order valence-electron chi connectivity index (χ3n) is 5.17. The summed E-state index contributed by atoms with van der Waals surface area (Å²) >= 11 is 0. The number of methoxy groups -OCH3 is 1. The van der Waals surface area contributed by atoms with Gasteiger partial charge in [-0.05, 0) is 36.8 Å². The Morgan fingerprint density at radius 2 is 1.79 bits per heavy atom. The third-order valence-corrected chi connectivity index (χ3v) is 5.17. The highest BCUT2D eigenvalue weighted by Crippen LogP contribution is 2.40. The molecule has 1 fully saturated rings. The molecule has 1 heterocycles. The van der Waals surface area contributed by atoms with E-state index in [2.05, 4.69) is 0 Å². The summed E-state index contributed by atoms with van der Waals surface area (Å²) in [4.78, 5) is 24.7. The molecule has 0 saturated carbocycles. The molecule has 1 saturated heterocycles. The van der Waals surface area contributed by atoms with Crippen LogP contribution < -0.4 is 4.74 Å². The molecule has 0 N–H and O–H groups in total. The van der Waals surface area contributed by atoms with Crippen LogP contribution in [0.1, 0.15) is 29.8 Å². The van der Waals surface area contributed by atoms with Crippen molar-refractivity contribution in [1.29, 1.82) is 0 Å². The highest BCUT2D eigenvalue weighted by Gasteiger charge is 2.54. The number of rotatable bonds is 7. The molecular weight excluding hydrogens is 360 g/mol. The van der Waals surface area contributed by atoms with Crippen molar-refractivity contribution < 1.29 is 28.5 Å². The summed E-state index contributed by atoms with van der Waals surface area (Å²) in [5.41, 5.74) is 0.485. The number of benzene rings is 2. The van der Waals surface area contributed by atoms with Crippen molar-refractivity contribution in [3.63, 3.8) is 0 Å². The van der Waals surface area contributed by atoms with Crippen molar-refractivity contribution in [2.75, 3.05) is 13.7 Å². The summed E-state index contributed by atoms with van der Waals surface area (Å²) in [5, 5.41) is 0. The maximum absolute atomic E-state index is 12.5. The molecule has 0 unspecified atom stereocenters. The topological polar surface area (TPSA) is 71.1 Å². The molecule has 0 spiro atoms. The molecule has 0 amide bonds. The summed E-state index contributed by atoms with van der Waals surface area (Å²) in [6.45, 7) is 4.11. The second kappa shape index (κ2) is 8.44. The zero-order valence-corrected chi connectivity index (χ0v) is 16.2. The van der Waals surface area contributed by atoms with E-state index < -0.39 is 23.6 Å². The second-order valence-corrected chi connectivity index (χ2v) is 7.09. The van der Waals surface area contributed by atoms with Gasteiger partial charge in [0.15, 0.2) is 0 Å². The summed E-state index contributed by atoms with van der Waals surface area (Å²) < 4.78 is 21.7. The Hall–Kier alpha value is -2.86. The lowest BCUT2D eigenvalue weighted by Gasteiger charge is -2.25. The predicted molar refractivity (Wildman–Crippen MR) is 102 cm³/mol. The molecule has 6 nitrogen and oxygen atoms in total. The molecule has 3 rings (SSSR count). The predicted octanol–water partition coefficient (Wildman–Crippen LogP) is 3.59. The molecule has 3 atom stereocenters. The monoisotopic (exact) mass is 384 g/mol. The van der Waals surface area contributed by atoms with Crippen LogP contribution >= 0.6 is 0 Å². The Balaban J connectivity index is 1.58. The van der Waals surface area contributed by atoms with E-state index in [-0.39, 0.29) is 12.5 Å². The first-order chi connectivity index (χ1) is 13.4. The van der Waals surface area contributed by atoms with Gasteiger partial charge in [-0.1, -0.05) is 37.3 Å². The molecule has 2 aromatic rings. The normalized spacial score (nSPS) is 23.9. The zero-order chi connectivity index (χ0) is 20.1. The largest absolute Gasteiger partial charge is 0.497 e. The molecule has 0 bridgehead atoms. The molecule has 0 aliphatic carbocycles. The van der Waals surface area contributed by atoms with Crippen LogP contribution in [0.25, 0.3) is 0 Å². The maximum Gasteiger partial charge on any atom is 0.341 e. The van der Waals surface area contributed by atoms with Gasteiger partial charge < -0.3 is 18.9 Å². The van der Waals surface area contributed by atoms with Crippen LogP contribution in [0.4, 0.5) is 0 Å². The molecular formula is C22H24O6. The minimum absolute atomic E-state index is 0.165. The Labute approximate surface area is 164 Å². The van der Waals surface area contributed by atoms with Gasteiger partial charge in [0.05, 0.1) is 31.3 Å². The fourth-order valence-corrected chi connectivity index (χ4v) is 3.00. The van der Waals surface area contributed by atoms with Crippen LogP contribution in [0.5, 0.6) is 5.75 Å². The van der Waals surface area contributed by atoms with Gasteiger partial charge in [0.2, 0.25) is 0 Å². The lowest BCUT2D eigenvalue weighted by Crippen LogP contribution is -2.35. The van der Waals surface area contributed by atoms with E-state index in [9.17, 15) is 9.59 Å². The summed E-state index contributed by atoms with van der Waals surface area (Å²) in [5.74, 6) is -0.524. The molecule has 0 aromatic heterocycles. The SMILES string of the molecule is COc1ccc(COC[C@@]2(C)C(=O)O[C@@H](OC(=O)c3ccccc3)[C@H]2C)cc1. The Morgan fingerprint density at radius 1 is 1.11 bits per heavy atom. The van der Waals surface area contributed by atoms with Gasteiger partial charge in [-0.25, -0.2) is 4.79 Å². The van der Waals surface area contributed by atoms with Gasteiger partial charge in [-0.15, -0.1) is 0 Å². The molecule has 0 radical (unpaired) electrons. The number of cyclic esters (lactones) is 1. The molecule has 28 heavy (non-hydrogen) atoms. The average Bonchev–Trinajstić information content (AvgIpc) is 2.93. The number of ether oxygens (including phenoxy) is 4. The van der Waals surface area contributed by atoms with E-state index in [1.54, 1.807) is 38.3 Å². The minimum atomic E-state index is -0.935. The van der Waals surface area contributed by atoms with Gasteiger partial charge in [0.25, 0.3) is 6.29 Å². The van der Waals surface area contributed by atoms with Crippen molar-refractivity contribution in [2.24, 2.45) is 11.3 Å². The number of carbonyl (C=O) groups is 2. The first kappa shape index (κ1) is 19.9. The summed E-state index contributed by atoms with van der Waals surface area (Å²) in [6, 6.07) is 16.1. The van der Waals surface area contributed by atoms with Crippen LogP contribution in [0, 0.1) is 11.3 Å². The minimum Gasteiger partial charge on any atom is -0.497 e. The first-order valence-electron chi connectivity index (χ1n) is 9.12. The highest BCUT2D eigenvalue weighted by atomic mass is 16.7. The average molecular weight is 384 g/mol. The van der Waals surface area contributed by atoms with Crippen LogP contribution in [-0.2, 0) is 25.6 Å². The van der Waals surface area contributed by atoms with Crippen molar-refractivity contribution >= 4 is 11.9 Å². The van der Waals surface area contributed by atoms with Crippen LogP contribution in [0.15, 0.2) is 54.6 Å². The van der Waals surface area contributed by atoms with Crippen molar-refractivity contribution in [2.45, 2.75) is 26.7 Å². The molecule has 2 aromatic carbocycles. The van der Waals surface area contributed by atoms with Gasteiger partial charge in [0.1, 0.15) is 5.75 Å². The quantitative estimate of drug-likeness (QED) is 0.680. The molecule has 148 valence electrons. The number of hydrogen-bond acceptors (Lipinski definition) is 6. The Morgan fingerprint density at radius 3 is 2.43 bits per heavy atom. The molecule has 1 aliphatic rings. The zero-order valence-electron chi connectivity index (χ0n) is 16.2. The number of esters is 2. The highest BCUT2D eigenvalue weighted by molar-refractivity contribution is 5.89. The van der Waals surface area contributed by atoms with Gasteiger partial charge in [-0.2, -0.15) is 0 Å². The van der Waals surface area contributed by atoms with E-state index >= 15 is 0 Å². The van der Waals surface area contributed by atoms with Crippen molar-refractivity contribution in [3.8, 4) is 5.75 Å². The van der Waals surface area contributed by atoms with Crippen LogP contribution in [0.3, 0.4) is 0 Å². The number of carbonyl (C=O) groups excluding carboxylic acids is 2. The smallest absolute Gasteiger partial charge is 0.341 e. The lowest BCUT2D eigenvalue weighted by atomic mass is 9.80. The first-order valence-corrected chi connectivity index (χ1v) is 9.12. The summed E-state index contributed by atoms with van der Waals surface area (Å²) in [7, 11) is 1.61. The van der Waals surface area contributed by atoms with E-state index in [4.69, 9.17) is 18.9 Å². The molecule has 1 aliphatic heterocycles. The Bertz CT molecular complexity index is 817. The fourth-order valence-electron chi connectivity index (χ4n) is 3.00.